The molecule has 0 aliphatic heterocycles. The van der Waals surface area contributed by atoms with Gasteiger partial charge in [-0.05, 0) is 81.4 Å². The molecule has 0 radical (unpaired) electrons. The summed E-state index contributed by atoms with van der Waals surface area (Å²) in [6, 6.07) is 67.2. The zero-order chi connectivity index (χ0) is 34.9. The summed E-state index contributed by atoms with van der Waals surface area (Å²) < 4.78 is 8.79. The molecule has 0 amide bonds. The van der Waals surface area contributed by atoms with E-state index in [2.05, 4.69) is 192 Å². The Labute approximate surface area is 307 Å². The Morgan fingerprint density at radius 1 is 0.434 bits per heavy atom. The topological polar surface area (TPSA) is 18.1 Å². The lowest BCUT2D eigenvalue weighted by molar-refractivity contribution is 0.669. The normalized spacial score (nSPS) is 14.7. The van der Waals surface area contributed by atoms with Gasteiger partial charge < -0.3 is 8.98 Å². The number of furan rings is 1. The molecule has 1 aliphatic carbocycles. The molecule has 8 aromatic carbocycles. The van der Waals surface area contributed by atoms with E-state index in [1.807, 2.05) is 12.1 Å². The smallest absolute Gasteiger partial charge is 0.136 e. The molecule has 0 saturated heterocycles. The lowest BCUT2D eigenvalue weighted by Gasteiger charge is -2.28. The lowest BCUT2D eigenvalue weighted by atomic mass is 9.72. The average molecular weight is 674 g/mol. The molecule has 1 unspecified atom stereocenters. The Bertz CT molecular complexity index is 3120. The molecule has 0 N–H and O–H groups in total. The van der Waals surface area contributed by atoms with Crippen molar-refractivity contribution in [1.29, 1.82) is 0 Å². The molecular weight excluding hydrogens is 643 g/mol. The number of para-hydroxylation sites is 2. The van der Waals surface area contributed by atoms with Gasteiger partial charge >= 0.3 is 0 Å². The first-order chi connectivity index (χ1) is 26.3. The van der Waals surface area contributed by atoms with Crippen LogP contribution < -0.4 is 0 Å². The Morgan fingerprint density at radius 3 is 1.98 bits per heavy atom. The van der Waals surface area contributed by atoms with Gasteiger partial charge in [-0.1, -0.05) is 157 Å². The first-order valence-electron chi connectivity index (χ1n) is 18.1. The standard InChI is InChI=1S/C51H31NO/c1-3-15-34(16-4-1)38-20-8-7-17-35(38)29-30-51(36-18-5-2-6-19-36)45-24-12-9-21-39(45)40-28-27-37(31-46(40)51)52-47-25-13-10-22-41(47)43-33-50-44(32-48(43)52)42-23-11-14-26-49(42)53-50/h1-28,31-33H. The number of hydrogen-bond donors (Lipinski definition) is 0. The van der Waals surface area contributed by atoms with Gasteiger partial charge in [0, 0.05) is 32.8 Å². The van der Waals surface area contributed by atoms with E-state index >= 15 is 0 Å². The lowest BCUT2D eigenvalue weighted by Crippen LogP contribution is -2.25. The monoisotopic (exact) mass is 673 g/mol. The first-order valence-corrected chi connectivity index (χ1v) is 18.1. The zero-order valence-electron chi connectivity index (χ0n) is 28.8. The second-order valence-corrected chi connectivity index (χ2v) is 13.9. The molecule has 1 aliphatic rings. The molecule has 0 spiro atoms. The van der Waals surface area contributed by atoms with Gasteiger partial charge in [-0.3, -0.25) is 0 Å². The van der Waals surface area contributed by atoms with Crippen LogP contribution in [0.15, 0.2) is 192 Å². The van der Waals surface area contributed by atoms with Gasteiger partial charge in [0.1, 0.15) is 16.6 Å². The minimum atomic E-state index is -0.709. The van der Waals surface area contributed by atoms with Crippen LogP contribution in [-0.2, 0) is 5.41 Å². The summed E-state index contributed by atoms with van der Waals surface area (Å²) in [6.07, 6.45) is 0. The number of nitrogens with zero attached hydrogens (tertiary/aromatic N) is 1. The molecule has 2 aromatic heterocycles. The van der Waals surface area contributed by atoms with Crippen molar-refractivity contribution >= 4 is 43.7 Å². The highest BCUT2D eigenvalue weighted by atomic mass is 16.3. The predicted octanol–water partition coefficient (Wildman–Crippen LogP) is 12.7. The van der Waals surface area contributed by atoms with Crippen LogP contribution in [0.25, 0.3) is 71.7 Å². The van der Waals surface area contributed by atoms with Crippen molar-refractivity contribution in [3.8, 4) is 39.8 Å². The molecule has 0 fully saturated rings. The van der Waals surface area contributed by atoms with Gasteiger partial charge in [0.15, 0.2) is 0 Å². The van der Waals surface area contributed by atoms with Gasteiger partial charge in [-0.15, -0.1) is 0 Å². The van der Waals surface area contributed by atoms with E-state index in [-0.39, 0.29) is 0 Å². The largest absolute Gasteiger partial charge is 0.456 e. The van der Waals surface area contributed by atoms with Crippen molar-refractivity contribution in [1.82, 2.24) is 4.57 Å². The Morgan fingerprint density at radius 2 is 1.11 bits per heavy atom. The molecule has 2 heteroatoms. The van der Waals surface area contributed by atoms with E-state index in [1.54, 1.807) is 0 Å². The number of hydrogen-bond acceptors (Lipinski definition) is 1. The Hall–Kier alpha value is -7.08. The van der Waals surface area contributed by atoms with Crippen molar-refractivity contribution in [2.75, 3.05) is 0 Å². The fraction of sp³-hybridized carbons (Fsp3) is 0.0196. The van der Waals surface area contributed by atoms with Gasteiger partial charge in [0.25, 0.3) is 0 Å². The van der Waals surface area contributed by atoms with Crippen LogP contribution in [0.2, 0.25) is 0 Å². The van der Waals surface area contributed by atoms with Crippen molar-refractivity contribution in [2.24, 2.45) is 0 Å². The van der Waals surface area contributed by atoms with E-state index in [0.717, 1.165) is 60.9 Å². The highest BCUT2D eigenvalue weighted by Crippen LogP contribution is 2.53. The molecule has 0 bridgehead atoms. The predicted molar refractivity (Wildman–Crippen MR) is 219 cm³/mol. The summed E-state index contributed by atoms with van der Waals surface area (Å²) in [4.78, 5) is 0. The molecule has 2 nitrogen and oxygen atoms in total. The van der Waals surface area contributed by atoms with Gasteiger partial charge in [0.2, 0.25) is 0 Å². The van der Waals surface area contributed by atoms with Crippen LogP contribution in [0.4, 0.5) is 0 Å². The summed E-state index contributed by atoms with van der Waals surface area (Å²) in [5.74, 6) is 7.72. The summed E-state index contributed by atoms with van der Waals surface area (Å²) in [5, 5.41) is 4.61. The summed E-state index contributed by atoms with van der Waals surface area (Å²) in [7, 11) is 0. The summed E-state index contributed by atoms with van der Waals surface area (Å²) in [6.45, 7) is 0. The fourth-order valence-electron chi connectivity index (χ4n) is 8.70. The van der Waals surface area contributed by atoms with E-state index in [9.17, 15) is 0 Å². The molecule has 11 rings (SSSR count). The Balaban J connectivity index is 1.20. The quantitative estimate of drug-likeness (QED) is 0.171. The van der Waals surface area contributed by atoms with Gasteiger partial charge in [0.05, 0.1) is 11.0 Å². The molecule has 2 heterocycles. The third-order valence-electron chi connectivity index (χ3n) is 11.1. The van der Waals surface area contributed by atoms with Crippen LogP contribution >= 0.6 is 0 Å². The maximum atomic E-state index is 6.37. The zero-order valence-corrected chi connectivity index (χ0v) is 28.8. The third kappa shape index (κ3) is 4.35. The number of aromatic nitrogens is 1. The van der Waals surface area contributed by atoms with Crippen LogP contribution in [0.1, 0.15) is 22.3 Å². The second-order valence-electron chi connectivity index (χ2n) is 13.9. The van der Waals surface area contributed by atoms with Crippen molar-refractivity contribution in [3.63, 3.8) is 0 Å². The minimum Gasteiger partial charge on any atom is -0.456 e. The molecular formula is C51H31NO. The highest BCUT2D eigenvalue weighted by molar-refractivity contribution is 6.17. The van der Waals surface area contributed by atoms with Crippen molar-refractivity contribution in [3.05, 3.63) is 210 Å². The Kier molecular flexibility index (Phi) is 6.41. The first kappa shape index (κ1) is 29.6. The molecule has 1 atom stereocenters. The van der Waals surface area contributed by atoms with E-state index < -0.39 is 5.41 Å². The van der Waals surface area contributed by atoms with E-state index in [1.165, 1.54) is 33.0 Å². The van der Waals surface area contributed by atoms with Crippen molar-refractivity contribution < 1.29 is 4.42 Å². The molecule has 53 heavy (non-hydrogen) atoms. The van der Waals surface area contributed by atoms with Gasteiger partial charge in [-0.2, -0.15) is 0 Å². The summed E-state index contributed by atoms with van der Waals surface area (Å²) in [5.41, 5.74) is 13.8. The number of benzene rings is 8. The van der Waals surface area contributed by atoms with E-state index in [4.69, 9.17) is 4.42 Å². The van der Waals surface area contributed by atoms with E-state index in [0.29, 0.717) is 0 Å². The third-order valence-corrected chi connectivity index (χ3v) is 11.1. The number of fused-ring (bicyclic) bond motifs is 9. The van der Waals surface area contributed by atoms with Crippen LogP contribution in [0.5, 0.6) is 0 Å². The van der Waals surface area contributed by atoms with Gasteiger partial charge in [-0.25, -0.2) is 0 Å². The minimum absolute atomic E-state index is 0.709. The fourth-order valence-corrected chi connectivity index (χ4v) is 8.70. The molecule has 0 saturated carbocycles. The average Bonchev–Trinajstić information content (AvgIpc) is 3.85. The SMILES string of the molecule is C(#CC1(c2ccccc2)c2ccccc2-c2ccc(-n3c4ccccc4c4cc5oc6ccccc6c5cc43)cc21)c1ccccc1-c1ccccc1. The molecule has 10 aromatic rings. The number of rotatable bonds is 3. The maximum Gasteiger partial charge on any atom is 0.136 e. The molecule has 246 valence electrons. The van der Waals surface area contributed by atoms with Crippen LogP contribution in [0.3, 0.4) is 0 Å². The van der Waals surface area contributed by atoms with Crippen LogP contribution in [-0.4, -0.2) is 4.57 Å². The summed E-state index contributed by atoms with van der Waals surface area (Å²) >= 11 is 0. The van der Waals surface area contributed by atoms with Crippen molar-refractivity contribution in [2.45, 2.75) is 5.41 Å². The highest BCUT2D eigenvalue weighted by Gasteiger charge is 2.44. The maximum absolute atomic E-state index is 6.37. The second kappa shape index (κ2) is 11.5. The van der Waals surface area contributed by atoms with Crippen LogP contribution in [0, 0.1) is 11.8 Å².